The van der Waals surface area contributed by atoms with Gasteiger partial charge < -0.3 is 22.9 Å². The third kappa shape index (κ3) is 9.43. The molecule has 4 fully saturated rings. The standard InChI is InChI=1S/C21H42N2.C17H34N2/c1-5-16-10-14(11-17(6-2)20(16)22)9-15-12-18(7-3)21(23)19(8-4)13-15;1-10-5-14(6-11(2)16(10)18)9-15-7-12(3)17(19)13(4)8-15/h14-21H,5-13,22-23H2,1-4H3;10-17H,5-9,18-19H2,1-4H3. The van der Waals surface area contributed by atoms with Crippen LogP contribution in [0.15, 0.2) is 0 Å². The van der Waals surface area contributed by atoms with Crippen molar-refractivity contribution >= 4 is 0 Å². The molecule has 0 aromatic heterocycles. The molecule has 0 radical (unpaired) electrons. The molecule has 4 aliphatic rings. The Morgan fingerprint density at radius 3 is 0.786 bits per heavy atom. The van der Waals surface area contributed by atoms with Gasteiger partial charge in [0.1, 0.15) is 0 Å². The predicted octanol–water partition coefficient (Wildman–Crippen LogP) is 8.35. The summed E-state index contributed by atoms with van der Waals surface area (Å²) in [5, 5.41) is 0. The van der Waals surface area contributed by atoms with Crippen molar-refractivity contribution in [3.8, 4) is 0 Å². The van der Waals surface area contributed by atoms with Crippen molar-refractivity contribution in [2.45, 2.75) is 169 Å². The van der Waals surface area contributed by atoms with Crippen LogP contribution in [0.3, 0.4) is 0 Å². The van der Waals surface area contributed by atoms with Gasteiger partial charge in [-0.2, -0.15) is 0 Å². The molecule has 8 atom stereocenters. The SMILES string of the molecule is CC1CC(CC2CC(C)C(N)C(C)C2)CC(C)C1N.CCC1CC(CC2CC(CC)C(N)C(CC)C2)CC(CC)C1N. The van der Waals surface area contributed by atoms with E-state index in [2.05, 4.69) is 55.4 Å². The maximum absolute atomic E-state index is 6.53. The Morgan fingerprint density at radius 1 is 0.357 bits per heavy atom. The van der Waals surface area contributed by atoms with Crippen LogP contribution < -0.4 is 22.9 Å². The fourth-order valence-electron chi connectivity index (χ4n) is 10.8. The zero-order valence-corrected chi connectivity index (χ0v) is 29.4. The minimum Gasteiger partial charge on any atom is -0.327 e. The lowest BCUT2D eigenvalue weighted by molar-refractivity contribution is 0.0941. The molecule has 4 aliphatic carbocycles. The second-order valence-corrected chi connectivity index (χ2v) is 16.7. The Morgan fingerprint density at radius 2 is 0.571 bits per heavy atom. The maximum Gasteiger partial charge on any atom is 0.00956 e. The molecule has 0 saturated heterocycles. The highest BCUT2D eigenvalue weighted by molar-refractivity contribution is 4.93. The lowest BCUT2D eigenvalue weighted by Gasteiger charge is -2.44. The molecule has 4 rings (SSSR count). The predicted molar refractivity (Wildman–Crippen MR) is 184 cm³/mol. The first-order valence-electron chi connectivity index (χ1n) is 18.9. The second-order valence-electron chi connectivity index (χ2n) is 16.7. The van der Waals surface area contributed by atoms with Crippen LogP contribution in [0.1, 0.15) is 145 Å². The number of hydrogen-bond donors (Lipinski definition) is 4. The zero-order chi connectivity index (χ0) is 31.1. The first-order chi connectivity index (χ1) is 19.9. The van der Waals surface area contributed by atoms with Crippen molar-refractivity contribution in [2.75, 3.05) is 0 Å². The van der Waals surface area contributed by atoms with Gasteiger partial charge in [-0.05, 0) is 135 Å². The van der Waals surface area contributed by atoms with Crippen molar-refractivity contribution in [1.29, 1.82) is 0 Å². The molecule has 0 heterocycles. The van der Waals surface area contributed by atoms with Crippen LogP contribution in [-0.2, 0) is 0 Å². The maximum atomic E-state index is 6.53. The molecule has 0 spiro atoms. The van der Waals surface area contributed by atoms with E-state index in [-0.39, 0.29) is 0 Å². The summed E-state index contributed by atoms with van der Waals surface area (Å²) in [5.41, 5.74) is 25.6. The molecule has 42 heavy (non-hydrogen) atoms. The molecule has 8 N–H and O–H groups in total. The van der Waals surface area contributed by atoms with Gasteiger partial charge in [0.2, 0.25) is 0 Å². The Balaban J connectivity index is 0.000000235. The van der Waals surface area contributed by atoms with E-state index in [1.165, 1.54) is 89.9 Å². The normalized spacial score (nSPS) is 48.3. The fourth-order valence-corrected chi connectivity index (χ4v) is 10.8. The summed E-state index contributed by atoms with van der Waals surface area (Å²) >= 11 is 0. The Kier molecular flexibility index (Phi) is 14.7. The van der Waals surface area contributed by atoms with E-state index in [0.717, 1.165) is 47.3 Å². The van der Waals surface area contributed by atoms with Crippen molar-refractivity contribution in [3.63, 3.8) is 0 Å². The summed E-state index contributed by atoms with van der Waals surface area (Å²) in [4.78, 5) is 0. The van der Waals surface area contributed by atoms with Gasteiger partial charge in [-0.1, -0.05) is 81.1 Å². The minimum atomic E-state index is 0.425. The van der Waals surface area contributed by atoms with Gasteiger partial charge in [-0.3, -0.25) is 0 Å². The van der Waals surface area contributed by atoms with Gasteiger partial charge in [0.05, 0.1) is 0 Å². The molecule has 0 amide bonds. The van der Waals surface area contributed by atoms with Crippen LogP contribution in [0.4, 0.5) is 0 Å². The van der Waals surface area contributed by atoms with Gasteiger partial charge in [0, 0.05) is 24.2 Å². The average molecular weight is 589 g/mol. The molecule has 8 unspecified atom stereocenters. The number of hydrogen-bond acceptors (Lipinski definition) is 4. The van der Waals surface area contributed by atoms with Gasteiger partial charge in [0.25, 0.3) is 0 Å². The first-order valence-corrected chi connectivity index (χ1v) is 18.9. The summed E-state index contributed by atoms with van der Waals surface area (Å²) in [5.74, 6) is 9.49. The monoisotopic (exact) mass is 589 g/mol. The number of rotatable bonds is 8. The van der Waals surface area contributed by atoms with E-state index in [0.29, 0.717) is 47.8 Å². The third-order valence-corrected chi connectivity index (χ3v) is 13.6. The summed E-state index contributed by atoms with van der Waals surface area (Å²) in [6, 6.07) is 1.75. The highest BCUT2D eigenvalue weighted by atomic mass is 14.7. The van der Waals surface area contributed by atoms with Gasteiger partial charge in [0.15, 0.2) is 0 Å². The van der Waals surface area contributed by atoms with Gasteiger partial charge in [-0.15, -0.1) is 0 Å². The first kappa shape index (κ1) is 36.3. The Labute approximate surface area is 263 Å². The third-order valence-electron chi connectivity index (χ3n) is 13.6. The highest BCUT2D eigenvalue weighted by Gasteiger charge is 2.39. The quantitative estimate of drug-likeness (QED) is 0.229. The van der Waals surface area contributed by atoms with Crippen LogP contribution in [-0.4, -0.2) is 24.2 Å². The Hall–Kier alpha value is -0.160. The van der Waals surface area contributed by atoms with Crippen molar-refractivity contribution in [1.82, 2.24) is 0 Å². The van der Waals surface area contributed by atoms with Gasteiger partial charge >= 0.3 is 0 Å². The van der Waals surface area contributed by atoms with Crippen LogP contribution in [0, 0.1) is 71.0 Å². The largest absolute Gasteiger partial charge is 0.327 e. The van der Waals surface area contributed by atoms with E-state index >= 15 is 0 Å². The summed E-state index contributed by atoms with van der Waals surface area (Å²) in [6.07, 6.45) is 18.8. The summed E-state index contributed by atoms with van der Waals surface area (Å²) in [7, 11) is 0. The molecule has 4 heteroatoms. The van der Waals surface area contributed by atoms with Crippen molar-refractivity contribution < 1.29 is 0 Å². The molecule has 0 aromatic rings. The van der Waals surface area contributed by atoms with Crippen LogP contribution in [0.25, 0.3) is 0 Å². The molecule has 4 nitrogen and oxygen atoms in total. The lowest BCUT2D eigenvalue weighted by Crippen LogP contribution is -2.45. The summed E-state index contributed by atoms with van der Waals surface area (Å²) in [6.45, 7) is 18.7. The molecule has 4 saturated carbocycles. The van der Waals surface area contributed by atoms with E-state index in [9.17, 15) is 0 Å². The van der Waals surface area contributed by atoms with Gasteiger partial charge in [-0.25, -0.2) is 0 Å². The van der Waals surface area contributed by atoms with E-state index in [4.69, 9.17) is 22.9 Å². The van der Waals surface area contributed by atoms with Crippen LogP contribution in [0.5, 0.6) is 0 Å². The van der Waals surface area contributed by atoms with Crippen molar-refractivity contribution in [3.05, 3.63) is 0 Å². The molecule has 0 aromatic carbocycles. The van der Waals surface area contributed by atoms with E-state index in [1.807, 2.05) is 0 Å². The minimum absolute atomic E-state index is 0.425. The zero-order valence-electron chi connectivity index (χ0n) is 29.4. The van der Waals surface area contributed by atoms with Crippen LogP contribution >= 0.6 is 0 Å². The molecular weight excluding hydrogens is 512 g/mol. The molecular formula is C38H76N4. The fraction of sp³-hybridized carbons (Fsp3) is 1.00. The topological polar surface area (TPSA) is 104 Å². The molecule has 0 bridgehead atoms. The van der Waals surface area contributed by atoms with Crippen molar-refractivity contribution in [2.24, 2.45) is 93.9 Å². The molecule has 0 aliphatic heterocycles. The van der Waals surface area contributed by atoms with Crippen LogP contribution in [0.2, 0.25) is 0 Å². The highest BCUT2D eigenvalue weighted by Crippen LogP contribution is 2.44. The smallest absolute Gasteiger partial charge is 0.00956 e. The Bertz CT molecular complexity index is 645. The summed E-state index contributed by atoms with van der Waals surface area (Å²) < 4.78 is 0. The number of nitrogens with two attached hydrogens (primary N) is 4. The average Bonchev–Trinajstić information content (AvgIpc) is 2.96. The van der Waals surface area contributed by atoms with E-state index in [1.54, 1.807) is 0 Å². The lowest BCUT2D eigenvalue weighted by atomic mass is 9.64. The molecule has 248 valence electrons. The second kappa shape index (κ2) is 17.0. The van der Waals surface area contributed by atoms with E-state index < -0.39 is 0 Å².